The van der Waals surface area contributed by atoms with Crippen LogP contribution in [0.2, 0.25) is 10.0 Å². The molecule has 0 bridgehead atoms. The lowest BCUT2D eigenvalue weighted by Crippen LogP contribution is -2.14. The number of nitrogens with zero attached hydrogens (tertiary/aromatic N) is 3. The summed E-state index contributed by atoms with van der Waals surface area (Å²) >= 11 is 14.8. The van der Waals surface area contributed by atoms with Crippen molar-refractivity contribution in [1.82, 2.24) is 14.8 Å². The van der Waals surface area contributed by atoms with Gasteiger partial charge in [-0.1, -0.05) is 41.0 Å². The molecule has 0 saturated heterocycles. The maximum absolute atomic E-state index is 12.1. The first-order valence-corrected chi connectivity index (χ1v) is 9.47. The van der Waals surface area contributed by atoms with Crippen LogP contribution >= 0.6 is 46.3 Å². The van der Waals surface area contributed by atoms with Gasteiger partial charge in [-0.25, -0.2) is 0 Å². The van der Waals surface area contributed by atoms with E-state index >= 15 is 0 Å². The minimum absolute atomic E-state index is 0.176. The summed E-state index contributed by atoms with van der Waals surface area (Å²) in [5.41, 5.74) is 0.531. The fourth-order valence-electron chi connectivity index (χ4n) is 1.97. The van der Waals surface area contributed by atoms with Crippen LogP contribution in [-0.2, 0) is 11.8 Å². The van der Waals surface area contributed by atoms with Gasteiger partial charge in [0.15, 0.2) is 11.0 Å². The number of aromatic nitrogens is 3. The summed E-state index contributed by atoms with van der Waals surface area (Å²) < 4.78 is 1.87. The summed E-state index contributed by atoms with van der Waals surface area (Å²) in [5, 5.41) is 14.7. The number of hydrogen-bond donors (Lipinski definition) is 1. The topological polar surface area (TPSA) is 59.8 Å². The Balaban J connectivity index is 1.62. The second-order valence-electron chi connectivity index (χ2n) is 4.80. The van der Waals surface area contributed by atoms with E-state index in [1.54, 1.807) is 29.5 Å². The minimum Gasteiger partial charge on any atom is -0.324 e. The quantitative estimate of drug-likeness (QED) is 0.638. The van der Waals surface area contributed by atoms with Crippen molar-refractivity contribution in [2.45, 2.75) is 5.16 Å². The Hall–Kier alpha value is -1.54. The maximum Gasteiger partial charge on any atom is 0.234 e. The number of benzene rings is 1. The van der Waals surface area contributed by atoms with E-state index in [1.165, 1.54) is 11.8 Å². The number of hydrogen-bond acceptors (Lipinski definition) is 5. The number of nitrogens with one attached hydrogen (secondary N) is 1. The Labute approximate surface area is 157 Å². The molecule has 0 aliphatic heterocycles. The number of rotatable bonds is 5. The van der Waals surface area contributed by atoms with Crippen molar-refractivity contribution >= 4 is 57.9 Å². The van der Waals surface area contributed by atoms with Gasteiger partial charge in [0.25, 0.3) is 0 Å². The first-order valence-electron chi connectivity index (χ1n) is 6.85. The Morgan fingerprint density at radius 3 is 2.88 bits per heavy atom. The summed E-state index contributed by atoms with van der Waals surface area (Å²) in [7, 11) is 1.88. The molecule has 0 aliphatic carbocycles. The molecule has 1 amide bonds. The summed E-state index contributed by atoms with van der Waals surface area (Å²) in [4.78, 5) is 13.1. The summed E-state index contributed by atoms with van der Waals surface area (Å²) in [6.07, 6.45) is 0. The van der Waals surface area contributed by atoms with Crippen molar-refractivity contribution in [3.8, 4) is 10.7 Å². The molecule has 2 heterocycles. The van der Waals surface area contributed by atoms with Gasteiger partial charge in [-0.2, -0.15) is 0 Å². The molecule has 1 aromatic carbocycles. The van der Waals surface area contributed by atoms with Crippen molar-refractivity contribution in [2.24, 2.45) is 7.05 Å². The third kappa shape index (κ3) is 3.92. The average molecular weight is 399 g/mol. The highest BCUT2D eigenvalue weighted by molar-refractivity contribution is 7.99. The smallest absolute Gasteiger partial charge is 0.234 e. The third-order valence-corrected chi connectivity index (χ3v) is 5.55. The predicted octanol–water partition coefficient (Wildman–Crippen LogP) is 4.58. The van der Waals surface area contributed by atoms with E-state index in [2.05, 4.69) is 15.5 Å². The van der Waals surface area contributed by atoms with Gasteiger partial charge in [-0.05, 0) is 29.6 Å². The molecule has 24 heavy (non-hydrogen) atoms. The Morgan fingerprint density at radius 1 is 1.33 bits per heavy atom. The van der Waals surface area contributed by atoms with Crippen LogP contribution in [0.25, 0.3) is 10.7 Å². The first-order chi connectivity index (χ1) is 11.5. The highest BCUT2D eigenvalue weighted by Crippen LogP contribution is 2.27. The number of carbonyl (C=O) groups is 1. The fraction of sp³-hybridized carbons (Fsp3) is 0.133. The van der Waals surface area contributed by atoms with Gasteiger partial charge in [-0.3, -0.25) is 4.79 Å². The van der Waals surface area contributed by atoms with E-state index in [0.29, 0.717) is 20.9 Å². The van der Waals surface area contributed by atoms with Gasteiger partial charge in [-0.15, -0.1) is 21.5 Å². The second kappa shape index (κ2) is 7.57. The lowest BCUT2D eigenvalue weighted by molar-refractivity contribution is -0.113. The Kier molecular flexibility index (Phi) is 5.45. The molecule has 0 atom stereocenters. The van der Waals surface area contributed by atoms with Crippen LogP contribution in [0.4, 0.5) is 5.69 Å². The molecular formula is C15H12Cl2N4OS2. The van der Waals surface area contributed by atoms with Crippen LogP contribution in [0.1, 0.15) is 0 Å². The van der Waals surface area contributed by atoms with Crippen molar-refractivity contribution in [3.63, 3.8) is 0 Å². The highest BCUT2D eigenvalue weighted by atomic mass is 35.5. The van der Waals surface area contributed by atoms with Crippen molar-refractivity contribution in [2.75, 3.05) is 11.1 Å². The number of carbonyl (C=O) groups excluding carboxylic acids is 1. The average Bonchev–Trinajstić information content (AvgIpc) is 3.18. The summed E-state index contributed by atoms with van der Waals surface area (Å²) in [6.45, 7) is 0. The van der Waals surface area contributed by atoms with Gasteiger partial charge < -0.3 is 9.88 Å². The zero-order valence-corrected chi connectivity index (χ0v) is 15.6. The second-order valence-corrected chi connectivity index (χ2v) is 7.54. The molecule has 0 radical (unpaired) electrons. The lowest BCUT2D eigenvalue weighted by Gasteiger charge is -2.07. The standard InChI is InChI=1S/C15H12Cl2N4OS2/c1-21-14(12-3-2-6-23-12)19-20-15(21)24-8-13(22)18-11-5-4-9(16)7-10(11)17/h2-7H,8H2,1H3,(H,18,22). The molecule has 0 fully saturated rings. The Morgan fingerprint density at radius 2 is 2.17 bits per heavy atom. The monoisotopic (exact) mass is 398 g/mol. The molecule has 1 N–H and O–H groups in total. The largest absolute Gasteiger partial charge is 0.324 e. The molecule has 124 valence electrons. The fourth-order valence-corrected chi connectivity index (χ4v) is 3.88. The van der Waals surface area contributed by atoms with Gasteiger partial charge in [0.1, 0.15) is 0 Å². The van der Waals surface area contributed by atoms with Crippen LogP contribution in [0.5, 0.6) is 0 Å². The molecule has 0 unspecified atom stereocenters. The van der Waals surface area contributed by atoms with Crippen LogP contribution in [-0.4, -0.2) is 26.4 Å². The number of halogens is 2. The van der Waals surface area contributed by atoms with Gasteiger partial charge >= 0.3 is 0 Å². The molecule has 3 rings (SSSR count). The first kappa shape index (κ1) is 17.3. The normalized spacial score (nSPS) is 10.8. The van der Waals surface area contributed by atoms with Gasteiger partial charge in [0.05, 0.1) is 21.3 Å². The SMILES string of the molecule is Cn1c(SCC(=O)Nc2ccc(Cl)cc2Cl)nnc1-c1cccs1. The van der Waals surface area contributed by atoms with E-state index in [1.807, 2.05) is 29.1 Å². The van der Waals surface area contributed by atoms with E-state index < -0.39 is 0 Å². The lowest BCUT2D eigenvalue weighted by atomic mass is 10.3. The minimum atomic E-state index is -0.176. The predicted molar refractivity (Wildman–Crippen MR) is 100 cm³/mol. The number of thioether (sulfide) groups is 1. The van der Waals surface area contributed by atoms with Crippen molar-refractivity contribution in [3.05, 3.63) is 45.8 Å². The van der Waals surface area contributed by atoms with E-state index in [4.69, 9.17) is 23.2 Å². The molecule has 2 aromatic heterocycles. The van der Waals surface area contributed by atoms with Crippen molar-refractivity contribution < 1.29 is 4.79 Å². The molecule has 0 spiro atoms. The molecule has 0 aliphatic rings. The summed E-state index contributed by atoms with van der Waals surface area (Å²) in [5.74, 6) is 0.814. The number of amides is 1. The zero-order valence-electron chi connectivity index (χ0n) is 12.5. The van der Waals surface area contributed by atoms with Crippen LogP contribution in [0, 0.1) is 0 Å². The van der Waals surface area contributed by atoms with E-state index in [0.717, 1.165) is 10.7 Å². The molecule has 3 aromatic rings. The molecule has 5 nitrogen and oxygen atoms in total. The summed E-state index contributed by atoms with van der Waals surface area (Å²) in [6, 6.07) is 8.88. The number of anilines is 1. The molecule has 0 saturated carbocycles. The Bertz CT molecular complexity index is 864. The molecular weight excluding hydrogens is 387 g/mol. The van der Waals surface area contributed by atoms with Crippen LogP contribution in [0.3, 0.4) is 0 Å². The van der Waals surface area contributed by atoms with Gasteiger partial charge in [0, 0.05) is 12.1 Å². The van der Waals surface area contributed by atoms with E-state index in [-0.39, 0.29) is 11.7 Å². The third-order valence-electron chi connectivity index (χ3n) is 3.11. The highest BCUT2D eigenvalue weighted by Gasteiger charge is 2.14. The van der Waals surface area contributed by atoms with Crippen LogP contribution < -0.4 is 5.32 Å². The van der Waals surface area contributed by atoms with Crippen LogP contribution in [0.15, 0.2) is 40.9 Å². The number of thiophene rings is 1. The maximum atomic E-state index is 12.1. The van der Waals surface area contributed by atoms with E-state index in [9.17, 15) is 4.79 Å². The van der Waals surface area contributed by atoms with Gasteiger partial charge in [0.2, 0.25) is 5.91 Å². The zero-order chi connectivity index (χ0) is 17.1. The molecule has 9 heteroatoms. The van der Waals surface area contributed by atoms with Crippen molar-refractivity contribution in [1.29, 1.82) is 0 Å².